The molecule has 0 spiro atoms. The first-order valence-electron chi connectivity index (χ1n) is 15.8. The summed E-state index contributed by atoms with van der Waals surface area (Å²) in [4.78, 5) is 0. The Labute approximate surface area is 270 Å². The molecule has 7 aromatic carbocycles. The summed E-state index contributed by atoms with van der Waals surface area (Å²) in [7, 11) is 0. The zero-order chi connectivity index (χ0) is 31.1. The number of benzene rings is 7. The zero-order valence-electron chi connectivity index (χ0n) is 25.3. The molecule has 0 fully saturated rings. The van der Waals surface area contributed by atoms with Crippen molar-refractivity contribution in [1.29, 1.82) is 5.26 Å². The van der Waals surface area contributed by atoms with Crippen molar-refractivity contribution in [1.82, 2.24) is 13.7 Å². The van der Waals surface area contributed by atoms with Gasteiger partial charge in [-0.15, -0.1) is 0 Å². The highest BCUT2D eigenvalue weighted by Crippen LogP contribution is 2.43. The molecule has 0 aliphatic heterocycles. The van der Waals surface area contributed by atoms with E-state index in [-0.39, 0.29) is 0 Å². The average Bonchev–Trinajstić information content (AvgIpc) is 3.77. The Morgan fingerprint density at radius 2 is 0.894 bits per heavy atom. The summed E-state index contributed by atoms with van der Waals surface area (Å²) in [6.07, 6.45) is 0. The summed E-state index contributed by atoms with van der Waals surface area (Å²) in [5, 5.41) is 16.9. The molecule has 0 atom stereocenters. The van der Waals surface area contributed by atoms with E-state index in [1.54, 1.807) is 0 Å². The second-order valence-electron chi connectivity index (χ2n) is 12.1. The summed E-state index contributed by atoms with van der Waals surface area (Å²) in [5.41, 5.74) is 10.9. The van der Waals surface area contributed by atoms with Crippen LogP contribution in [0.15, 0.2) is 158 Å². The minimum Gasteiger partial charge on any atom is -0.309 e. The molecule has 0 radical (unpaired) electrons. The Morgan fingerprint density at radius 3 is 1.62 bits per heavy atom. The molecule has 10 rings (SSSR count). The fourth-order valence-corrected chi connectivity index (χ4v) is 7.71. The Kier molecular flexibility index (Phi) is 5.32. The molecule has 218 valence electrons. The monoisotopic (exact) mass is 598 g/mol. The Morgan fingerprint density at radius 1 is 0.362 bits per heavy atom. The summed E-state index contributed by atoms with van der Waals surface area (Å²) in [5.74, 6) is 0. The van der Waals surface area contributed by atoms with Gasteiger partial charge in [0.15, 0.2) is 0 Å². The van der Waals surface area contributed by atoms with Gasteiger partial charge in [0.25, 0.3) is 0 Å². The molecule has 0 aliphatic carbocycles. The van der Waals surface area contributed by atoms with Crippen molar-refractivity contribution in [2.24, 2.45) is 0 Å². The van der Waals surface area contributed by atoms with Crippen LogP contribution >= 0.6 is 0 Å². The van der Waals surface area contributed by atoms with Gasteiger partial charge in [-0.05, 0) is 78.9 Å². The molecule has 0 unspecified atom stereocenters. The van der Waals surface area contributed by atoms with E-state index in [1.165, 1.54) is 32.6 Å². The van der Waals surface area contributed by atoms with E-state index in [2.05, 4.69) is 159 Å². The molecule has 3 heterocycles. The molecule has 4 nitrogen and oxygen atoms in total. The predicted molar refractivity (Wildman–Crippen MR) is 194 cm³/mol. The van der Waals surface area contributed by atoms with E-state index in [1.807, 2.05) is 18.2 Å². The standard InChI is InChI=1S/C43H26N4/c44-27-28-19-22-39-35(25-28)36-26-31(20-23-40(36)45(39)29-11-3-1-4-12-29)46-38-18-10-8-16-34(38)42-41(46)24-21-33-32-15-7-9-17-37(32)47(43(33)42)30-13-5-2-6-14-30/h1-26H. The fourth-order valence-electron chi connectivity index (χ4n) is 7.71. The number of para-hydroxylation sites is 4. The number of aromatic nitrogens is 3. The fraction of sp³-hybridized carbons (Fsp3) is 0. The van der Waals surface area contributed by atoms with E-state index in [0.29, 0.717) is 5.56 Å². The first-order chi connectivity index (χ1) is 23.3. The lowest BCUT2D eigenvalue weighted by atomic mass is 10.1. The summed E-state index contributed by atoms with van der Waals surface area (Å²) < 4.78 is 7.11. The van der Waals surface area contributed by atoms with Gasteiger partial charge in [0.1, 0.15) is 0 Å². The van der Waals surface area contributed by atoms with Crippen LogP contribution in [0.2, 0.25) is 0 Å². The van der Waals surface area contributed by atoms with E-state index in [9.17, 15) is 5.26 Å². The zero-order valence-corrected chi connectivity index (χ0v) is 25.3. The maximum absolute atomic E-state index is 9.82. The lowest BCUT2D eigenvalue weighted by Crippen LogP contribution is -1.96. The minimum atomic E-state index is 0.656. The molecule has 0 bridgehead atoms. The largest absolute Gasteiger partial charge is 0.309 e. The van der Waals surface area contributed by atoms with Gasteiger partial charge in [0, 0.05) is 49.4 Å². The normalized spacial score (nSPS) is 11.8. The molecular formula is C43H26N4. The average molecular weight is 599 g/mol. The second-order valence-corrected chi connectivity index (χ2v) is 12.1. The first-order valence-corrected chi connectivity index (χ1v) is 15.8. The van der Waals surface area contributed by atoms with Gasteiger partial charge in [0.2, 0.25) is 0 Å². The number of nitriles is 1. The van der Waals surface area contributed by atoms with Crippen molar-refractivity contribution in [3.8, 4) is 23.1 Å². The number of nitrogens with zero attached hydrogens (tertiary/aromatic N) is 4. The molecule has 0 saturated heterocycles. The molecule has 10 aromatic rings. The number of rotatable bonds is 3. The van der Waals surface area contributed by atoms with Crippen LogP contribution in [0.5, 0.6) is 0 Å². The highest BCUT2D eigenvalue weighted by molar-refractivity contribution is 6.26. The van der Waals surface area contributed by atoms with E-state index < -0.39 is 0 Å². The van der Waals surface area contributed by atoms with Crippen molar-refractivity contribution < 1.29 is 0 Å². The third kappa shape index (κ3) is 3.57. The van der Waals surface area contributed by atoms with Crippen molar-refractivity contribution in [2.75, 3.05) is 0 Å². The summed E-state index contributed by atoms with van der Waals surface area (Å²) in [6, 6.07) is 58.2. The third-order valence-corrected chi connectivity index (χ3v) is 9.63. The van der Waals surface area contributed by atoms with E-state index in [4.69, 9.17) is 0 Å². The van der Waals surface area contributed by atoms with Crippen LogP contribution in [0, 0.1) is 11.3 Å². The molecule has 47 heavy (non-hydrogen) atoms. The van der Waals surface area contributed by atoms with Gasteiger partial charge < -0.3 is 13.7 Å². The molecule has 3 aromatic heterocycles. The number of hydrogen-bond acceptors (Lipinski definition) is 1. The summed E-state index contributed by atoms with van der Waals surface area (Å²) in [6.45, 7) is 0. The Bertz CT molecular complexity index is 2900. The van der Waals surface area contributed by atoms with Gasteiger partial charge in [-0.1, -0.05) is 78.9 Å². The van der Waals surface area contributed by atoms with Gasteiger partial charge >= 0.3 is 0 Å². The molecule has 0 N–H and O–H groups in total. The van der Waals surface area contributed by atoms with Crippen LogP contribution in [0.4, 0.5) is 0 Å². The smallest absolute Gasteiger partial charge is 0.0991 e. The van der Waals surface area contributed by atoms with Gasteiger partial charge in [-0.3, -0.25) is 0 Å². The molecular weight excluding hydrogens is 573 g/mol. The highest BCUT2D eigenvalue weighted by Gasteiger charge is 2.21. The maximum Gasteiger partial charge on any atom is 0.0991 e. The molecule has 0 aliphatic rings. The quantitative estimate of drug-likeness (QED) is 0.199. The van der Waals surface area contributed by atoms with Crippen molar-refractivity contribution in [3.63, 3.8) is 0 Å². The van der Waals surface area contributed by atoms with Gasteiger partial charge in [0.05, 0.1) is 44.7 Å². The Hall–Kier alpha value is -6.57. The lowest BCUT2D eigenvalue weighted by molar-refractivity contribution is 1.16. The topological polar surface area (TPSA) is 38.6 Å². The van der Waals surface area contributed by atoms with Crippen LogP contribution in [-0.4, -0.2) is 13.7 Å². The SMILES string of the molecule is N#Cc1ccc2c(c1)c1cc(-n3c4ccccc4c4c3ccc3c5ccccc5n(-c5ccccc5)c34)ccc1n2-c1ccccc1. The Balaban J connectivity index is 1.34. The van der Waals surface area contributed by atoms with E-state index in [0.717, 1.165) is 49.9 Å². The van der Waals surface area contributed by atoms with Crippen LogP contribution in [0.1, 0.15) is 5.56 Å². The lowest BCUT2D eigenvalue weighted by Gasteiger charge is -2.11. The van der Waals surface area contributed by atoms with Crippen LogP contribution in [0.3, 0.4) is 0 Å². The second kappa shape index (κ2) is 9.71. The highest BCUT2D eigenvalue weighted by atomic mass is 15.0. The van der Waals surface area contributed by atoms with Crippen molar-refractivity contribution in [3.05, 3.63) is 163 Å². The molecule has 0 saturated carbocycles. The minimum absolute atomic E-state index is 0.656. The number of fused-ring (bicyclic) bond motifs is 10. The predicted octanol–water partition coefficient (Wildman–Crippen LogP) is 10.8. The number of hydrogen-bond donors (Lipinski definition) is 0. The van der Waals surface area contributed by atoms with Crippen molar-refractivity contribution >= 4 is 65.4 Å². The maximum atomic E-state index is 9.82. The van der Waals surface area contributed by atoms with Gasteiger partial charge in [-0.2, -0.15) is 5.26 Å². The van der Waals surface area contributed by atoms with Crippen LogP contribution < -0.4 is 0 Å². The van der Waals surface area contributed by atoms with Crippen LogP contribution in [-0.2, 0) is 0 Å². The first kappa shape index (κ1) is 25.7. The molecule has 0 amide bonds. The van der Waals surface area contributed by atoms with Crippen molar-refractivity contribution in [2.45, 2.75) is 0 Å². The van der Waals surface area contributed by atoms with Gasteiger partial charge in [-0.25, -0.2) is 0 Å². The molecule has 4 heteroatoms. The van der Waals surface area contributed by atoms with E-state index >= 15 is 0 Å². The summed E-state index contributed by atoms with van der Waals surface area (Å²) >= 11 is 0. The third-order valence-electron chi connectivity index (χ3n) is 9.63. The van der Waals surface area contributed by atoms with Crippen LogP contribution in [0.25, 0.3) is 82.5 Å².